The Hall–Kier alpha value is -0.530. The van der Waals surface area contributed by atoms with Gasteiger partial charge in [-0.3, -0.25) is 4.79 Å². The fraction of sp³-hybridized carbons (Fsp3) is 0.909. The summed E-state index contributed by atoms with van der Waals surface area (Å²) in [5.41, 5.74) is 4.97. The summed E-state index contributed by atoms with van der Waals surface area (Å²) in [6, 6.07) is 0. The molecule has 0 aromatic rings. The predicted octanol–water partition coefficient (Wildman–Crippen LogP) is 3.49. The molecule has 0 saturated carbocycles. The first-order chi connectivity index (χ1) is 6.18. The van der Waals surface area contributed by atoms with E-state index in [2.05, 4.69) is 20.8 Å². The second-order valence-corrected chi connectivity index (χ2v) is 3.34. The van der Waals surface area contributed by atoms with Gasteiger partial charge < -0.3 is 5.73 Å². The van der Waals surface area contributed by atoms with E-state index < -0.39 is 0 Å². The zero-order chi connectivity index (χ0) is 10.5. The first kappa shape index (κ1) is 15.0. The van der Waals surface area contributed by atoms with Gasteiger partial charge in [-0.2, -0.15) is 0 Å². The highest BCUT2D eigenvalue weighted by Gasteiger charge is 1.92. The van der Waals surface area contributed by atoms with Crippen molar-refractivity contribution in [3.63, 3.8) is 0 Å². The van der Waals surface area contributed by atoms with Crippen molar-refractivity contribution in [2.24, 2.45) is 5.73 Å². The Balaban J connectivity index is -0.000000267. The molecule has 0 rings (SSSR count). The number of rotatable bonds is 6. The van der Waals surface area contributed by atoms with E-state index in [1.165, 1.54) is 25.7 Å². The largest absolute Gasteiger partial charge is 0.370 e. The van der Waals surface area contributed by atoms with Gasteiger partial charge in [-0.25, -0.2) is 0 Å². The van der Waals surface area contributed by atoms with Crippen LogP contribution in [-0.4, -0.2) is 5.91 Å². The fourth-order valence-corrected chi connectivity index (χ4v) is 0.903. The van der Waals surface area contributed by atoms with Crippen molar-refractivity contribution >= 4 is 5.91 Å². The van der Waals surface area contributed by atoms with Gasteiger partial charge in [0, 0.05) is 7.85 Å². The van der Waals surface area contributed by atoms with Crippen LogP contribution >= 0.6 is 0 Å². The molecule has 0 radical (unpaired) electrons. The molecule has 0 saturated heterocycles. The number of carbonyl (C=O) groups excluding carboxylic acids is 1. The first-order valence-corrected chi connectivity index (χ1v) is 5.47. The van der Waals surface area contributed by atoms with Crippen LogP contribution in [0.15, 0.2) is 0 Å². The predicted molar refractivity (Wildman–Crippen MR) is 60.6 cm³/mol. The maximum atomic E-state index is 10.3. The van der Waals surface area contributed by atoms with Crippen LogP contribution in [0.1, 0.15) is 67.1 Å². The molecular formula is C11H27NO. The van der Waals surface area contributed by atoms with Crippen molar-refractivity contribution in [1.82, 2.24) is 0 Å². The average molecular weight is 189 g/mol. The van der Waals surface area contributed by atoms with Crippen molar-refractivity contribution in [2.45, 2.75) is 65.7 Å². The molecule has 0 bridgehead atoms. The first-order valence-electron chi connectivity index (χ1n) is 5.47. The highest BCUT2D eigenvalue weighted by Crippen LogP contribution is 2.03. The molecule has 0 atom stereocenters. The van der Waals surface area contributed by atoms with Gasteiger partial charge in [0.2, 0.25) is 5.91 Å². The number of unbranched alkanes of at least 4 members (excludes halogenated alkanes) is 4. The molecule has 0 aromatic carbocycles. The van der Waals surface area contributed by atoms with Gasteiger partial charge in [-0.05, 0) is 6.42 Å². The lowest BCUT2D eigenvalue weighted by atomic mass is 10.1. The summed E-state index contributed by atoms with van der Waals surface area (Å²) in [5.74, 6) is -0.170. The molecule has 0 heterocycles. The molecule has 2 heteroatoms. The molecule has 0 aromatic heterocycles. The number of hydrogen-bond acceptors (Lipinski definition) is 1. The van der Waals surface area contributed by atoms with Crippen LogP contribution in [0.2, 0.25) is 0 Å². The van der Waals surface area contributed by atoms with Gasteiger partial charge in [0.1, 0.15) is 0 Å². The Kier molecular flexibility index (Phi) is 16.1. The number of hydrogen-bond donors (Lipinski definition) is 1. The lowest BCUT2D eigenvalue weighted by molar-refractivity contribution is -0.118. The molecular weight excluding hydrogens is 162 g/mol. The van der Waals surface area contributed by atoms with Crippen LogP contribution in [0.3, 0.4) is 0 Å². The summed E-state index contributed by atoms with van der Waals surface area (Å²) in [7, 11) is 0. The molecule has 0 aliphatic rings. The van der Waals surface area contributed by atoms with Gasteiger partial charge >= 0.3 is 0 Å². The molecule has 0 unspecified atom stereocenters. The lowest BCUT2D eigenvalue weighted by Gasteiger charge is -1.95. The topological polar surface area (TPSA) is 43.1 Å². The number of carbonyl (C=O) groups is 1. The molecule has 0 spiro atoms. The number of nitrogens with two attached hydrogens (primary N) is 1. The molecule has 0 aliphatic heterocycles. The van der Waals surface area contributed by atoms with E-state index in [0.717, 1.165) is 12.8 Å². The third-order valence-electron chi connectivity index (χ3n) is 1.53. The summed E-state index contributed by atoms with van der Waals surface area (Å²) < 4.78 is 0. The quantitative estimate of drug-likeness (QED) is 0.638. The SMILES string of the molecule is CCC.CCCCCCCC(N)=O.[HH]. The van der Waals surface area contributed by atoms with E-state index in [9.17, 15) is 4.79 Å². The average Bonchev–Trinajstić information content (AvgIpc) is 2.05. The molecule has 1 amide bonds. The minimum absolute atomic E-state index is 0. The zero-order valence-corrected chi connectivity index (χ0v) is 9.44. The standard InChI is InChI=1S/C8H17NO.C3H8.H2/c1-2-3-4-5-6-7-8(9)10;1-3-2;/h2-7H2,1H3,(H2,9,10);3H2,1-2H3;1H. The summed E-state index contributed by atoms with van der Waals surface area (Å²) in [4.78, 5) is 10.3. The van der Waals surface area contributed by atoms with Gasteiger partial charge in [-0.1, -0.05) is 52.9 Å². The van der Waals surface area contributed by atoms with Gasteiger partial charge in [0.15, 0.2) is 0 Å². The van der Waals surface area contributed by atoms with E-state index in [1.807, 2.05) is 0 Å². The summed E-state index contributed by atoms with van der Waals surface area (Å²) in [6.07, 6.45) is 7.69. The third kappa shape index (κ3) is 24.6. The van der Waals surface area contributed by atoms with Crippen molar-refractivity contribution in [1.29, 1.82) is 0 Å². The summed E-state index contributed by atoms with van der Waals surface area (Å²) in [6.45, 7) is 6.42. The minimum Gasteiger partial charge on any atom is -0.370 e. The van der Waals surface area contributed by atoms with E-state index >= 15 is 0 Å². The maximum Gasteiger partial charge on any atom is 0.217 e. The Labute approximate surface area is 84.4 Å². The maximum absolute atomic E-state index is 10.3. The molecule has 0 aliphatic carbocycles. The second-order valence-electron chi connectivity index (χ2n) is 3.34. The molecule has 13 heavy (non-hydrogen) atoms. The number of primary amides is 1. The second kappa shape index (κ2) is 14.0. The van der Waals surface area contributed by atoms with Crippen molar-refractivity contribution in [2.75, 3.05) is 0 Å². The van der Waals surface area contributed by atoms with Crippen LogP contribution in [-0.2, 0) is 4.79 Å². The van der Waals surface area contributed by atoms with Crippen molar-refractivity contribution in [3.8, 4) is 0 Å². The molecule has 82 valence electrons. The van der Waals surface area contributed by atoms with E-state index in [4.69, 9.17) is 5.73 Å². The summed E-state index contributed by atoms with van der Waals surface area (Å²) >= 11 is 0. The number of amides is 1. The van der Waals surface area contributed by atoms with Crippen LogP contribution < -0.4 is 5.73 Å². The van der Waals surface area contributed by atoms with Crippen LogP contribution in [0.4, 0.5) is 0 Å². The molecule has 0 fully saturated rings. The fourth-order valence-electron chi connectivity index (χ4n) is 0.903. The normalized spacial score (nSPS) is 8.85. The highest BCUT2D eigenvalue weighted by atomic mass is 16.1. The van der Waals surface area contributed by atoms with Crippen molar-refractivity contribution < 1.29 is 6.22 Å². The van der Waals surface area contributed by atoms with Crippen LogP contribution in [0, 0.1) is 0 Å². The van der Waals surface area contributed by atoms with Gasteiger partial charge in [0.05, 0.1) is 0 Å². The van der Waals surface area contributed by atoms with Crippen molar-refractivity contribution in [3.05, 3.63) is 0 Å². The highest BCUT2D eigenvalue weighted by molar-refractivity contribution is 5.73. The smallest absolute Gasteiger partial charge is 0.217 e. The summed E-state index contributed by atoms with van der Waals surface area (Å²) in [5, 5.41) is 0. The van der Waals surface area contributed by atoms with Crippen LogP contribution in [0.25, 0.3) is 0 Å². The Bertz CT molecular complexity index is 107. The van der Waals surface area contributed by atoms with E-state index in [1.54, 1.807) is 0 Å². The Morgan fingerprint density at radius 2 is 1.54 bits per heavy atom. The Morgan fingerprint density at radius 3 is 1.92 bits per heavy atom. The monoisotopic (exact) mass is 189 g/mol. The third-order valence-corrected chi connectivity index (χ3v) is 1.53. The molecule has 2 nitrogen and oxygen atoms in total. The van der Waals surface area contributed by atoms with E-state index in [-0.39, 0.29) is 7.33 Å². The van der Waals surface area contributed by atoms with Gasteiger partial charge in [0.25, 0.3) is 0 Å². The lowest BCUT2D eigenvalue weighted by Crippen LogP contribution is -2.09. The minimum atomic E-state index is -0.170. The Morgan fingerprint density at radius 1 is 1.08 bits per heavy atom. The molecule has 2 N–H and O–H groups in total. The van der Waals surface area contributed by atoms with Gasteiger partial charge in [-0.15, -0.1) is 0 Å². The van der Waals surface area contributed by atoms with E-state index in [0.29, 0.717) is 6.42 Å². The van der Waals surface area contributed by atoms with Crippen LogP contribution in [0.5, 0.6) is 0 Å². The zero-order valence-electron chi connectivity index (χ0n) is 9.44.